The Morgan fingerprint density at radius 1 is 1.18 bits per heavy atom. The topological polar surface area (TPSA) is 88.2 Å². The van der Waals surface area contributed by atoms with E-state index in [-0.39, 0.29) is 18.4 Å². The lowest BCUT2D eigenvalue weighted by Gasteiger charge is -2.17. The second kappa shape index (κ2) is 9.52. The summed E-state index contributed by atoms with van der Waals surface area (Å²) >= 11 is 1.53. The van der Waals surface area contributed by atoms with Gasteiger partial charge in [-0.3, -0.25) is 9.48 Å². The predicted octanol–water partition coefficient (Wildman–Crippen LogP) is 4.67. The van der Waals surface area contributed by atoms with Crippen molar-refractivity contribution in [3.05, 3.63) is 57.9 Å². The first-order valence-corrected chi connectivity index (χ1v) is 11.9. The molecule has 0 spiro atoms. The number of Topliss-reactive ketones (excluding diaryl/α,β-unsaturated/α-hetero) is 1. The number of carbonyl (C=O) groups is 2. The Labute approximate surface area is 202 Å². The summed E-state index contributed by atoms with van der Waals surface area (Å²) in [5.74, 6) is -0.819. The molecule has 0 amide bonds. The fourth-order valence-corrected chi connectivity index (χ4v) is 5.18. The third-order valence-electron chi connectivity index (χ3n) is 5.93. The molecule has 0 aliphatic carbocycles. The molecule has 0 aromatic carbocycles. The molecular formula is C25H28N4O4S. The summed E-state index contributed by atoms with van der Waals surface area (Å²) in [6.45, 7) is 7.90. The number of fused-ring (bicyclic) bond motifs is 1. The number of methoxy groups -OCH3 is 1. The largest absolute Gasteiger partial charge is 0.454 e. The van der Waals surface area contributed by atoms with E-state index in [1.165, 1.54) is 11.3 Å². The standard InChI is InChI=1S/C25H28N4O4S/c1-14-10-18(17(4)29(14)15(2)12-32-6)21(30)13-33-25(31)19-11-20(22-8-7-9-34-22)26-24-23(19)16(3)27-28(24)5/h7-11,15H,12-13H2,1-6H3. The molecule has 4 aromatic heterocycles. The van der Waals surface area contributed by atoms with Crippen molar-refractivity contribution in [1.29, 1.82) is 0 Å². The minimum absolute atomic E-state index is 0.0865. The summed E-state index contributed by atoms with van der Waals surface area (Å²) in [6.07, 6.45) is 0. The Morgan fingerprint density at radius 3 is 2.62 bits per heavy atom. The maximum atomic E-state index is 13.2. The Kier molecular flexibility index (Phi) is 6.67. The average molecular weight is 481 g/mol. The summed E-state index contributed by atoms with van der Waals surface area (Å²) in [5, 5.41) is 7.01. The highest BCUT2D eigenvalue weighted by Crippen LogP contribution is 2.30. The van der Waals surface area contributed by atoms with Crippen molar-refractivity contribution in [3.63, 3.8) is 0 Å². The monoisotopic (exact) mass is 480 g/mol. The molecule has 8 nitrogen and oxygen atoms in total. The molecule has 178 valence electrons. The Balaban J connectivity index is 1.61. The average Bonchev–Trinajstić information content (AvgIpc) is 3.50. The van der Waals surface area contributed by atoms with Gasteiger partial charge in [-0.1, -0.05) is 6.07 Å². The minimum Gasteiger partial charge on any atom is -0.454 e. The first-order chi connectivity index (χ1) is 16.2. The van der Waals surface area contributed by atoms with Crippen molar-refractivity contribution >= 4 is 34.1 Å². The van der Waals surface area contributed by atoms with Gasteiger partial charge < -0.3 is 14.0 Å². The number of esters is 1. The van der Waals surface area contributed by atoms with Crippen molar-refractivity contribution in [2.45, 2.75) is 33.7 Å². The molecule has 0 saturated carbocycles. The van der Waals surface area contributed by atoms with Crippen LogP contribution >= 0.6 is 11.3 Å². The zero-order chi connectivity index (χ0) is 24.6. The van der Waals surface area contributed by atoms with Crippen molar-refractivity contribution in [3.8, 4) is 10.6 Å². The summed E-state index contributed by atoms with van der Waals surface area (Å²) in [7, 11) is 3.44. The number of ketones is 1. The number of rotatable bonds is 8. The molecule has 9 heteroatoms. The maximum Gasteiger partial charge on any atom is 0.339 e. The molecule has 0 radical (unpaired) electrons. The van der Waals surface area contributed by atoms with Gasteiger partial charge >= 0.3 is 5.97 Å². The number of hydrogen-bond acceptors (Lipinski definition) is 7. The predicted molar refractivity (Wildman–Crippen MR) is 132 cm³/mol. The van der Waals surface area contributed by atoms with Crippen LogP contribution in [0, 0.1) is 20.8 Å². The van der Waals surface area contributed by atoms with E-state index >= 15 is 0 Å². The van der Waals surface area contributed by atoms with E-state index in [2.05, 4.69) is 9.67 Å². The van der Waals surface area contributed by atoms with Gasteiger partial charge in [0.25, 0.3) is 0 Å². The summed E-state index contributed by atoms with van der Waals surface area (Å²) in [4.78, 5) is 31.8. The second-order valence-electron chi connectivity index (χ2n) is 8.40. The van der Waals surface area contributed by atoms with Crippen LogP contribution in [0.25, 0.3) is 21.6 Å². The van der Waals surface area contributed by atoms with Crippen LogP contribution in [0.15, 0.2) is 29.6 Å². The van der Waals surface area contributed by atoms with Gasteiger partial charge in [-0.2, -0.15) is 5.10 Å². The van der Waals surface area contributed by atoms with Gasteiger partial charge in [-0.25, -0.2) is 9.78 Å². The lowest BCUT2D eigenvalue weighted by atomic mass is 10.1. The van der Waals surface area contributed by atoms with Gasteiger partial charge in [-0.15, -0.1) is 11.3 Å². The Morgan fingerprint density at radius 2 is 1.94 bits per heavy atom. The number of carbonyl (C=O) groups excluding carboxylic acids is 2. The van der Waals surface area contributed by atoms with Gasteiger partial charge in [0.1, 0.15) is 0 Å². The molecule has 1 unspecified atom stereocenters. The van der Waals surface area contributed by atoms with Crippen LogP contribution in [0.5, 0.6) is 0 Å². The smallest absolute Gasteiger partial charge is 0.339 e. The van der Waals surface area contributed by atoms with Crippen LogP contribution in [0.1, 0.15) is 50.8 Å². The number of ether oxygens (including phenoxy) is 2. The molecule has 4 aromatic rings. The molecule has 4 heterocycles. The van der Waals surface area contributed by atoms with E-state index in [1.54, 1.807) is 24.9 Å². The van der Waals surface area contributed by atoms with Crippen LogP contribution in [0.4, 0.5) is 0 Å². The lowest BCUT2D eigenvalue weighted by Crippen LogP contribution is -2.17. The molecule has 0 aliphatic heterocycles. The third kappa shape index (κ3) is 4.28. The van der Waals surface area contributed by atoms with Crippen LogP contribution in [-0.4, -0.2) is 51.4 Å². The molecule has 0 fully saturated rings. The maximum absolute atomic E-state index is 13.2. The van der Waals surface area contributed by atoms with Crippen molar-refractivity contribution in [1.82, 2.24) is 19.3 Å². The molecule has 0 aliphatic rings. The van der Waals surface area contributed by atoms with Gasteiger partial charge in [0.2, 0.25) is 5.78 Å². The van der Waals surface area contributed by atoms with Crippen LogP contribution in [0.2, 0.25) is 0 Å². The number of nitrogens with zero attached hydrogens (tertiary/aromatic N) is 4. The minimum atomic E-state index is -0.573. The fraction of sp³-hybridized carbons (Fsp3) is 0.360. The van der Waals surface area contributed by atoms with E-state index in [1.807, 2.05) is 51.3 Å². The zero-order valence-corrected chi connectivity index (χ0v) is 21.0. The van der Waals surface area contributed by atoms with Crippen LogP contribution in [-0.2, 0) is 16.5 Å². The van der Waals surface area contributed by atoms with Gasteiger partial charge in [0.05, 0.1) is 39.9 Å². The van der Waals surface area contributed by atoms with Gasteiger partial charge in [0, 0.05) is 31.1 Å². The molecule has 1 atom stereocenters. The third-order valence-corrected chi connectivity index (χ3v) is 6.82. The first kappa shape index (κ1) is 23.8. The molecule has 0 bridgehead atoms. The number of aryl methyl sites for hydroxylation is 3. The van der Waals surface area contributed by atoms with E-state index < -0.39 is 5.97 Å². The highest BCUT2D eigenvalue weighted by atomic mass is 32.1. The molecule has 0 N–H and O–H groups in total. The molecule has 4 rings (SSSR count). The lowest BCUT2D eigenvalue weighted by molar-refractivity contribution is 0.0476. The Hall–Kier alpha value is -3.30. The van der Waals surface area contributed by atoms with E-state index in [4.69, 9.17) is 14.5 Å². The first-order valence-electron chi connectivity index (χ1n) is 11.0. The number of thiophene rings is 1. The highest BCUT2D eigenvalue weighted by Gasteiger charge is 2.23. The number of aromatic nitrogens is 4. The fourth-order valence-electron chi connectivity index (χ4n) is 4.50. The van der Waals surface area contributed by atoms with Gasteiger partial charge in [-0.05, 0) is 51.3 Å². The van der Waals surface area contributed by atoms with E-state index in [0.29, 0.717) is 40.2 Å². The normalized spacial score (nSPS) is 12.3. The van der Waals surface area contributed by atoms with Crippen molar-refractivity contribution in [2.75, 3.05) is 20.3 Å². The van der Waals surface area contributed by atoms with Gasteiger partial charge in [0.15, 0.2) is 12.3 Å². The summed E-state index contributed by atoms with van der Waals surface area (Å²) in [5.41, 5.74) is 4.63. The summed E-state index contributed by atoms with van der Waals surface area (Å²) < 4.78 is 14.5. The van der Waals surface area contributed by atoms with Crippen LogP contribution in [0.3, 0.4) is 0 Å². The summed E-state index contributed by atoms with van der Waals surface area (Å²) in [6, 6.07) is 7.52. The number of pyridine rings is 1. The molecular weight excluding hydrogens is 452 g/mol. The SMILES string of the molecule is COCC(C)n1c(C)cc(C(=O)COC(=O)c2cc(-c3cccs3)nc3c2c(C)nn3C)c1C. The quantitative estimate of drug-likeness (QED) is 0.269. The Bertz CT molecular complexity index is 1370. The molecule has 34 heavy (non-hydrogen) atoms. The zero-order valence-electron chi connectivity index (χ0n) is 20.2. The second-order valence-corrected chi connectivity index (χ2v) is 9.35. The van der Waals surface area contributed by atoms with Crippen LogP contribution < -0.4 is 0 Å². The van der Waals surface area contributed by atoms with E-state index in [9.17, 15) is 9.59 Å². The van der Waals surface area contributed by atoms with E-state index in [0.717, 1.165) is 16.3 Å². The molecule has 0 saturated heterocycles. The van der Waals surface area contributed by atoms with Crippen molar-refractivity contribution < 1.29 is 19.1 Å². The number of hydrogen-bond donors (Lipinski definition) is 0. The highest BCUT2D eigenvalue weighted by molar-refractivity contribution is 7.13. The van der Waals surface area contributed by atoms with Crippen molar-refractivity contribution in [2.24, 2.45) is 7.05 Å².